The zero-order valence-corrected chi connectivity index (χ0v) is 11.1. The van der Waals surface area contributed by atoms with E-state index in [1.807, 2.05) is 13.8 Å². The molecular formula is C12H18N4O3. The Morgan fingerprint density at radius 3 is 2.58 bits per heavy atom. The lowest BCUT2D eigenvalue weighted by Gasteiger charge is -2.21. The van der Waals surface area contributed by atoms with Gasteiger partial charge in [-0.1, -0.05) is 13.8 Å². The zero-order valence-electron chi connectivity index (χ0n) is 11.1. The second-order valence-corrected chi connectivity index (χ2v) is 4.61. The highest BCUT2D eigenvalue weighted by atomic mass is 16.4. The minimum atomic E-state index is -0.974. The Bertz CT molecular complexity index is 480. The maximum absolute atomic E-state index is 11.2. The number of nitrogens with zero attached hydrogens (tertiary/aromatic N) is 4. The Hall–Kier alpha value is -1.76. The Morgan fingerprint density at radius 1 is 1.32 bits per heavy atom. The summed E-state index contributed by atoms with van der Waals surface area (Å²) >= 11 is 0. The van der Waals surface area contributed by atoms with Gasteiger partial charge in [0.1, 0.15) is 6.04 Å². The van der Waals surface area contributed by atoms with Crippen molar-refractivity contribution in [1.82, 2.24) is 15.2 Å². The van der Waals surface area contributed by atoms with Crippen LogP contribution >= 0.6 is 0 Å². The van der Waals surface area contributed by atoms with Crippen molar-refractivity contribution in [2.75, 3.05) is 11.4 Å². The summed E-state index contributed by atoms with van der Waals surface area (Å²) in [5.74, 6) is -0.684. The first-order chi connectivity index (χ1) is 9.06. The van der Waals surface area contributed by atoms with Crippen LogP contribution in [0.25, 0.3) is 0 Å². The van der Waals surface area contributed by atoms with Gasteiger partial charge in [-0.2, -0.15) is 5.10 Å². The van der Waals surface area contributed by atoms with Gasteiger partial charge in [0, 0.05) is 13.0 Å². The van der Waals surface area contributed by atoms with Gasteiger partial charge < -0.3 is 15.1 Å². The molecule has 0 aromatic carbocycles. The Balaban J connectivity index is 2.33. The fourth-order valence-electron chi connectivity index (χ4n) is 2.32. The van der Waals surface area contributed by atoms with Crippen LogP contribution in [-0.2, 0) is 17.6 Å². The van der Waals surface area contributed by atoms with E-state index in [-0.39, 0.29) is 18.9 Å². The summed E-state index contributed by atoms with van der Waals surface area (Å²) in [6.07, 6.45) is 0.991. The number of β-amino-alcohol motifs (C(OH)–C–C–N with tert-alkyl or cyclic N) is 1. The number of rotatable bonds is 4. The lowest BCUT2D eigenvalue weighted by molar-refractivity contribution is -0.138. The molecular weight excluding hydrogens is 248 g/mol. The number of aryl methyl sites for hydroxylation is 2. The molecule has 2 N–H and O–H groups in total. The third kappa shape index (κ3) is 2.65. The Labute approximate surface area is 111 Å². The number of carboxylic acid groups (broad SMARTS) is 1. The van der Waals surface area contributed by atoms with Gasteiger partial charge in [0.15, 0.2) is 0 Å². The highest BCUT2D eigenvalue weighted by Gasteiger charge is 2.37. The Kier molecular flexibility index (Phi) is 3.94. The quantitative estimate of drug-likeness (QED) is 0.792. The maximum Gasteiger partial charge on any atom is 0.326 e. The van der Waals surface area contributed by atoms with Crippen molar-refractivity contribution in [3.63, 3.8) is 0 Å². The van der Waals surface area contributed by atoms with Gasteiger partial charge in [-0.15, -0.1) is 5.10 Å². The van der Waals surface area contributed by atoms with Crippen molar-refractivity contribution >= 4 is 11.9 Å². The van der Waals surface area contributed by atoms with Crippen LogP contribution in [0.2, 0.25) is 0 Å². The highest BCUT2D eigenvalue weighted by molar-refractivity contribution is 5.78. The van der Waals surface area contributed by atoms with Crippen molar-refractivity contribution in [3.8, 4) is 0 Å². The topological polar surface area (TPSA) is 99.4 Å². The van der Waals surface area contributed by atoms with Gasteiger partial charge in [-0.05, 0) is 12.8 Å². The molecule has 19 heavy (non-hydrogen) atoms. The summed E-state index contributed by atoms with van der Waals surface area (Å²) in [5, 5.41) is 26.9. The molecule has 1 aromatic heterocycles. The predicted molar refractivity (Wildman–Crippen MR) is 68.0 cm³/mol. The molecule has 1 aromatic rings. The first kappa shape index (κ1) is 13.7. The number of carboxylic acids is 1. The van der Waals surface area contributed by atoms with Gasteiger partial charge >= 0.3 is 5.97 Å². The van der Waals surface area contributed by atoms with E-state index in [2.05, 4.69) is 15.2 Å². The molecule has 0 radical (unpaired) electrons. The van der Waals surface area contributed by atoms with E-state index >= 15 is 0 Å². The SMILES string of the molecule is CCc1nnc(N2CC(O)CC2C(=O)O)nc1CC. The molecule has 2 atom stereocenters. The van der Waals surface area contributed by atoms with Crippen molar-refractivity contribution in [2.45, 2.75) is 45.3 Å². The van der Waals surface area contributed by atoms with E-state index in [1.165, 1.54) is 4.90 Å². The van der Waals surface area contributed by atoms with Crippen molar-refractivity contribution < 1.29 is 15.0 Å². The minimum Gasteiger partial charge on any atom is -0.480 e. The normalized spacial score (nSPS) is 22.8. The van der Waals surface area contributed by atoms with E-state index in [0.29, 0.717) is 0 Å². The van der Waals surface area contributed by atoms with Gasteiger partial charge in [0.2, 0.25) is 5.95 Å². The Morgan fingerprint density at radius 2 is 2.00 bits per heavy atom. The number of aliphatic hydroxyl groups excluding tert-OH is 1. The van der Waals surface area contributed by atoms with Crippen molar-refractivity contribution in [2.24, 2.45) is 0 Å². The minimum absolute atomic E-state index is 0.190. The molecule has 0 amide bonds. The molecule has 2 heterocycles. The summed E-state index contributed by atoms with van der Waals surface area (Å²) in [5.41, 5.74) is 1.66. The third-order valence-electron chi connectivity index (χ3n) is 3.32. The molecule has 0 saturated carbocycles. The molecule has 2 unspecified atom stereocenters. The van der Waals surface area contributed by atoms with Gasteiger partial charge in [0.25, 0.3) is 0 Å². The van der Waals surface area contributed by atoms with Crippen LogP contribution in [0, 0.1) is 0 Å². The molecule has 0 spiro atoms. The maximum atomic E-state index is 11.2. The first-order valence-corrected chi connectivity index (χ1v) is 6.46. The van der Waals surface area contributed by atoms with Crippen LogP contribution < -0.4 is 4.90 Å². The summed E-state index contributed by atoms with van der Waals surface area (Å²) in [7, 11) is 0. The predicted octanol–water partition coefficient (Wildman–Crippen LogP) is 0.0206. The number of hydrogen-bond acceptors (Lipinski definition) is 6. The average molecular weight is 266 g/mol. The average Bonchev–Trinajstić information content (AvgIpc) is 2.80. The zero-order chi connectivity index (χ0) is 14.0. The van der Waals surface area contributed by atoms with E-state index in [9.17, 15) is 9.90 Å². The van der Waals surface area contributed by atoms with E-state index in [0.717, 1.165) is 24.2 Å². The van der Waals surface area contributed by atoms with Crippen molar-refractivity contribution in [1.29, 1.82) is 0 Å². The van der Waals surface area contributed by atoms with E-state index < -0.39 is 18.1 Å². The number of anilines is 1. The monoisotopic (exact) mass is 266 g/mol. The van der Waals surface area contributed by atoms with Crippen LogP contribution in [0.15, 0.2) is 0 Å². The van der Waals surface area contributed by atoms with Crippen LogP contribution in [0.5, 0.6) is 0 Å². The second kappa shape index (κ2) is 5.48. The standard InChI is InChI=1S/C12H18N4O3/c1-3-8-9(4-2)14-15-12(13-8)16-6-7(17)5-10(16)11(18)19/h7,10,17H,3-6H2,1-2H3,(H,18,19). The van der Waals surface area contributed by atoms with E-state index in [4.69, 9.17) is 5.11 Å². The first-order valence-electron chi connectivity index (χ1n) is 6.46. The smallest absolute Gasteiger partial charge is 0.326 e. The molecule has 0 bridgehead atoms. The molecule has 1 aliphatic heterocycles. The number of aliphatic carboxylic acids is 1. The molecule has 2 rings (SSSR count). The van der Waals surface area contributed by atoms with Crippen molar-refractivity contribution in [3.05, 3.63) is 11.4 Å². The largest absolute Gasteiger partial charge is 0.480 e. The second-order valence-electron chi connectivity index (χ2n) is 4.61. The lowest BCUT2D eigenvalue weighted by atomic mass is 10.2. The summed E-state index contributed by atoms with van der Waals surface area (Å²) < 4.78 is 0. The molecule has 7 nitrogen and oxygen atoms in total. The van der Waals surface area contributed by atoms with Gasteiger partial charge in [-0.25, -0.2) is 9.78 Å². The molecule has 0 aliphatic carbocycles. The van der Waals surface area contributed by atoms with E-state index in [1.54, 1.807) is 0 Å². The summed E-state index contributed by atoms with van der Waals surface area (Å²) in [4.78, 5) is 17.1. The number of hydrogen-bond donors (Lipinski definition) is 2. The fourth-order valence-corrected chi connectivity index (χ4v) is 2.32. The summed E-state index contributed by atoms with van der Waals surface area (Å²) in [6, 6.07) is -0.783. The van der Waals surface area contributed by atoms with Crippen LogP contribution in [0.1, 0.15) is 31.7 Å². The molecule has 104 valence electrons. The van der Waals surface area contributed by atoms with Crippen LogP contribution in [0.4, 0.5) is 5.95 Å². The molecule has 1 aliphatic rings. The third-order valence-corrected chi connectivity index (χ3v) is 3.32. The molecule has 1 saturated heterocycles. The lowest BCUT2D eigenvalue weighted by Crippen LogP contribution is -2.37. The highest BCUT2D eigenvalue weighted by Crippen LogP contribution is 2.23. The number of aliphatic hydroxyl groups is 1. The van der Waals surface area contributed by atoms with Gasteiger partial charge in [0.05, 0.1) is 17.5 Å². The van der Waals surface area contributed by atoms with Crippen LogP contribution in [-0.4, -0.2) is 50.1 Å². The summed E-state index contributed by atoms with van der Waals surface area (Å²) in [6.45, 7) is 4.18. The number of carbonyl (C=O) groups is 1. The van der Waals surface area contributed by atoms with Gasteiger partial charge in [-0.3, -0.25) is 0 Å². The fraction of sp³-hybridized carbons (Fsp3) is 0.667. The number of aromatic nitrogens is 3. The molecule has 7 heteroatoms. The van der Waals surface area contributed by atoms with Crippen LogP contribution in [0.3, 0.4) is 0 Å². The molecule has 1 fully saturated rings.